The molecule has 0 aromatic heterocycles. The first-order valence-corrected chi connectivity index (χ1v) is 9.60. The number of hydrogen-bond donors (Lipinski definition) is 0. The van der Waals surface area contributed by atoms with Crippen LogP contribution in [0, 0.1) is 29.1 Å². The summed E-state index contributed by atoms with van der Waals surface area (Å²) in [4.78, 5) is 0. The Hall–Kier alpha value is -1.96. The van der Waals surface area contributed by atoms with Crippen molar-refractivity contribution < 1.29 is 9.47 Å². The second-order valence-electron chi connectivity index (χ2n) is 8.03. The van der Waals surface area contributed by atoms with Gasteiger partial charge in [0, 0.05) is 11.8 Å². The molecule has 0 saturated heterocycles. The summed E-state index contributed by atoms with van der Waals surface area (Å²) < 4.78 is 11.0. The van der Waals surface area contributed by atoms with Crippen LogP contribution >= 0.6 is 0 Å². The molecule has 2 aliphatic rings. The van der Waals surface area contributed by atoms with Crippen LogP contribution in [0.4, 0.5) is 0 Å². The Morgan fingerprint density at radius 1 is 0.769 bits per heavy atom. The van der Waals surface area contributed by atoms with Crippen molar-refractivity contribution in [3.63, 3.8) is 0 Å². The van der Waals surface area contributed by atoms with E-state index < -0.39 is 0 Å². The van der Waals surface area contributed by atoms with E-state index in [-0.39, 0.29) is 5.41 Å². The molecular weight excluding hydrogens is 320 g/mol. The largest absolute Gasteiger partial charge is 0.493 e. The normalized spacial score (nSPS) is 25.2. The van der Waals surface area contributed by atoms with Gasteiger partial charge in [0.15, 0.2) is 11.5 Å². The fourth-order valence-electron chi connectivity index (χ4n) is 5.49. The van der Waals surface area contributed by atoms with Crippen LogP contribution < -0.4 is 9.47 Å². The van der Waals surface area contributed by atoms with Crippen molar-refractivity contribution in [1.82, 2.24) is 0 Å². The maximum Gasteiger partial charge on any atom is 0.161 e. The Morgan fingerprint density at radius 3 is 2.00 bits per heavy atom. The van der Waals surface area contributed by atoms with E-state index in [9.17, 15) is 0 Å². The molecule has 2 aromatic carbocycles. The van der Waals surface area contributed by atoms with Gasteiger partial charge < -0.3 is 9.47 Å². The SMILES string of the molecule is COc1ccc([C]2C3CCCC3[C](c3ccccc3)C2(C)C)cc1OC. The molecule has 4 rings (SSSR count). The molecule has 2 nitrogen and oxygen atoms in total. The van der Waals surface area contributed by atoms with Gasteiger partial charge in [-0.2, -0.15) is 0 Å². The van der Waals surface area contributed by atoms with Gasteiger partial charge in [-0.15, -0.1) is 0 Å². The van der Waals surface area contributed by atoms with Crippen LogP contribution in [0.5, 0.6) is 11.5 Å². The van der Waals surface area contributed by atoms with Crippen LogP contribution in [-0.4, -0.2) is 14.2 Å². The molecule has 2 unspecified atom stereocenters. The fourth-order valence-corrected chi connectivity index (χ4v) is 5.49. The van der Waals surface area contributed by atoms with E-state index in [1.165, 1.54) is 30.4 Å². The number of ether oxygens (including phenoxy) is 2. The van der Waals surface area contributed by atoms with Crippen molar-refractivity contribution >= 4 is 0 Å². The van der Waals surface area contributed by atoms with Crippen LogP contribution in [0.15, 0.2) is 48.5 Å². The third kappa shape index (κ3) is 2.62. The highest BCUT2D eigenvalue weighted by atomic mass is 16.5. The molecule has 2 saturated carbocycles. The van der Waals surface area contributed by atoms with Crippen LogP contribution in [0.3, 0.4) is 0 Å². The van der Waals surface area contributed by atoms with Crippen LogP contribution in [0.25, 0.3) is 0 Å². The molecule has 0 N–H and O–H groups in total. The van der Waals surface area contributed by atoms with Crippen molar-refractivity contribution in [2.75, 3.05) is 14.2 Å². The van der Waals surface area contributed by atoms with E-state index in [4.69, 9.17) is 9.47 Å². The minimum absolute atomic E-state index is 0.0523. The fraction of sp³-hybridized carbons (Fsp3) is 0.417. The molecule has 2 heteroatoms. The van der Waals surface area contributed by atoms with Gasteiger partial charge >= 0.3 is 0 Å². The van der Waals surface area contributed by atoms with Gasteiger partial charge in [-0.1, -0.05) is 56.7 Å². The highest BCUT2D eigenvalue weighted by Gasteiger charge is 2.58. The van der Waals surface area contributed by atoms with Gasteiger partial charge in [0.25, 0.3) is 0 Å². The third-order valence-corrected chi connectivity index (χ3v) is 6.38. The average molecular weight is 348 g/mol. The van der Waals surface area contributed by atoms with Crippen LogP contribution in [-0.2, 0) is 0 Å². The molecule has 136 valence electrons. The predicted octanol–water partition coefficient (Wildman–Crippen LogP) is 5.71. The Bertz CT molecular complexity index is 765. The minimum atomic E-state index is 0.0523. The lowest BCUT2D eigenvalue weighted by atomic mass is 9.68. The summed E-state index contributed by atoms with van der Waals surface area (Å²) in [7, 11) is 3.41. The highest BCUT2D eigenvalue weighted by Crippen LogP contribution is 2.66. The highest BCUT2D eigenvalue weighted by molar-refractivity contribution is 5.55. The predicted molar refractivity (Wildman–Crippen MR) is 105 cm³/mol. The maximum atomic E-state index is 5.58. The van der Waals surface area contributed by atoms with Crippen molar-refractivity contribution in [3.8, 4) is 11.5 Å². The van der Waals surface area contributed by atoms with E-state index in [0.717, 1.165) is 11.5 Å². The first kappa shape index (κ1) is 17.5. The van der Waals surface area contributed by atoms with Gasteiger partial charge in [0.2, 0.25) is 0 Å². The van der Waals surface area contributed by atoms with E-state index >= 15 is 0 Å². The van der Waals surface area contributed by atoms with Crippen LogP contribution in [0.2, 0.25) is 0 Å². The number of rotatable bonds is 4. The molecule has 0 aliphatic heterocycles. The second kappa shape index (κ2) is 6.64. The van der Waals surface area contributed by atoms with Gasteiger partial charge in [0.1, 0.15) is 0 Å². The Balaban J connectivity index is 1.79. The summed E-state index contributed by atoms with van der Waals surface area (Å²) in [5, 5.41) is 0. The monoisotopic (exact) mass is 348 g/mol. The van der Waals surface area contributed by atoms with Crippen molar-refractivity contribution in [2.45, 2.75) is 33.1 Å². The lowest BCUT2D eigenvalue weighted by Gasteiger charge is -2.35. The molecule has 26 heavy (non-hydrogen) atoms. The minimum Gasteiger partial charge on any atom is -0.493 e. The molecule has 2 radical (unpaired) electrons. The first-order valence-electron chi connectivity index (χ1n) is 9.60. The van der Waals surface area contributed by atoms with E-state index in [1.54, 1.807) is 26.1 Å². The zero-order valence-electron chi connectivity index (χ0n) is 16.2. The average Bonchev–Trinajstić information content (AvgIpc) is 3.18. The number of hydrogen-bond acceptors (Lipinski definition) is 2. The second-order valence-corrected chi connectivity index (χ2v) is 8.03. The van der Waals surface area contributed by atoms with Crippen molar-refractivity contribution in [2.24, 2.45) is 17.3 Å². The Morgan fingerprint density at radius 2 is 1.38 bits per heavy atom. The lowest BCUT2D eigenvalue weighted by Crippen LogP contribution is -2.26. The molecule has 2 aliphatic carbocycles. The summed E-state index contributed by atoms with van der Waals surface area (Å²) in [5.74, 6) is 6.10. The molecular formula is C24H28O2. The van der Waals surface area contributed by atoms with E-state index in [2.05, 4.69) is 56.3 Å². The van der Waals surface area contributed by atoms with E-state index in [0.29, 0.717) is 11.8 Å². The van der Waals surface area contributed by atoms with Gasteiger partial charge in [-0.25, -0.2) is 0 Å². The summed E-state index contributed by atoms with van der Waals surface area (Å²) in [6.45, 7) is 4.80. The van der Waals surface area contributed by atoms with Gasteiger partial charge in [0.05, 0.1) is 14.2 Å². The zero-order valence-corrected chi connectivity index (χ0v) is 16.2. The molecule has 2 atom stereocenters. The third-order valence-electron chi connectivity index (χ3n) is 6.38. The number of methoxy groups -OCH3 is 2. The van der Waals surface area contributed by atoms with E-state index in [1.807, 2.05) is 6.07 Å². The summed E-state index contributed by atoms with van der Waals surface area (Å²) in [5.41, 5.74) is 2.76. The van der Waals surface area contributed by atoms with Gasteiger partial charge in [-0.05, 0) is 53.4 Å². The topological polar surface area (TPSA) is 18.5 Å². The number of benzene rings is 2. The first-order chi connectivity index (χ1) is 12.6. The molecule has 0 heterocycles. The molecule has 2 fully saturated rings. The van der Waals surface area contributed by atoms with Crippen molar-refractivity contribution in [1.29, 1.82) is 0 Å². The Labute approximate surface area is 157 Å². The summed E-state index contributed by atoms with van der Waals surface area (Å²) in [6, 6.07) is 17.4. The molecule has 0 bridgehead atoms. The molecule has 0 amide bonds. The van der Waals surface area contributed by atoms with Crippen LogP contribution in [0.1, 0.15) is 44.2 Å². The lowest BCUT2D eigenvalue weighted by molar-refractivity contribution is 0.353. The van der Waals surface area contributed by atoms with Crippen molar-refractivity contribution in [3.05, 3.63) is 71.5 Å². The standard InChI is InChI=1S/C24H28O2/c1-24(2)22(16-9-6-5-7-10-16)18-11-8-12-19(18)23(24)17-13-14-20(25-3)21(15-17)26-4/h5-7,9-10,13-15,18-19H,8,11-12H2,1-4H3. The maximum absolute atomic E-state index is 5.58. The summed E-state index contributed by atoms with van der Waals surface area (Å²) in [6.07, 6.45) is 3.90. The zero-order chi connectivity index (χ0) is 18.3. The molecule has 0 spiro atoms. The quantitative estimate of drug-likeness (QED) is 0.705. The number of fused-ring (bicyclic) bond motifs is 1. The molecule has 2 aromatic rings. The smallest absolute Gasteiger partial charge is 0.161 e. The summed E-state index contributed by atoms with van der Waals surface area (Å²) >= 11 is 0. The van der Waals surface area contributed by atoms with Gasteiger partial charge in [-0.3, -0.25) is 0 Å². The Kier molecular flexibility index (Phi) is 4.46.